The van der Waals surface area contributed by atoms with Crippen molar-refractivity contribution in [3.63, 3.8) is 0 Å². The summed E-state index contributed by atoms with van der Waals surface area (Å²) in [5, 5.41) is 0. The van der Waals surface area contributed by atoms with Crippen LogP contribution < -0.4 is 0 Å². The van der Waals surface area contributed by atoms with Gasteiger partial charge in [-0.2, -0.15) is 13.2 Å². The lowest BCUT2D eigenvalue weighted by atomic mass is 10.2. The number of carbonyl (C=O) groups excluding carboxylic acids is 1. The Hall–Kier alpha value is -0.780. The van der Waals surface area contributed by atoms with Gasteiger partial charge in [-0.1, -0.05) is 0 Å². The zero-order valence-electron chi connectivity index (χ0n) is 8.51. The molecule has 0 bridgehead atoms. The van der Waals surface area contributed by atoms with Gasteiger partial charge in [0.15, 0.2) is 0 Å². The molecule has 88 valence electrons. The molecule has 0 aliphatic carbocycles. The van der Waals surface area contributed by atoms with Gasteiger partial charge >= 0.3 is 12.1 Å². The van der Waals surface area contributed by atoms with Crippen LogP contribution in [0.1, 0.15) is 19.8 Å². The van der Waals surface area contributed by atoms with Gasteiger partial charge in [0.1, 0.15) is 6.04 Å². The van der Waals surface area contributed by atoms with Gasteiger partial charge in [-0.3, -0.25) is 9.69 Å². The molecule has 0 N–H and O–H groups in total. The molecule has 0 saturated carbocycles. The second-order valence-corrected chi connectivity index (χ2v) is 3.50. The van der Waals surface area contributed by atoms with Gasteiger partial charge in [0, 0.05) is 0 Å². The van der Waals surface area contributed by atoms with Gasteiger partial charge in [0.25, 0.3) is 0 Å². The van der Waals surface area contributed by atoms with Crippen molar-refractivity contribution in [3.05, 3.63) is 0 Å². The second-order valence-electron chi connectivity index (χ2n) is 3.50. The molecule has 0 aromatic heterocycles. The zero-order chi connectivity index (χ0) is 11.5. The number of halogens is 3. The van der Waals surface area contributed by atoms with Crippen LogP contribution in [0.5, 0.6) is 0 Å². The SMILES string of the molecule is CCOC(=O)C1CCCN1CC(F)(F)F. The normalized spacial score (nSPS) is 23.1. The van der Waals surface area contributed by atoms with Gasteiger partial charge in [-0.05, 0) is 26.3 Å². The molecular formula is C9H14F3NO2. The van der Waals surface area contributed by atoms with Crippen molar-refractivity contribution in [3.8, 4) is 0 Å². The van der Waals surface area contributed by atoms with Gasteiger partial charge in [0.05, 0.1) is 13.2 Å². The Labute approximate surface area is 86.2 Å². The highest BCUT2D eigenvalue weighted by Gasteiger charge is 2.39. The van der Waals surface area contributed by atoms with Crippen LogP contribution in [0.4, 0.5) is 13.2 Å². The van der Waals surface area contributed by atoms with Gasteiger partial charge < -0.3 is 4.74 Å². The van der Waals surface area contributed by atoms with E-state index >= 15 is 0 Å². The molecule has 0 amide bonds. The fourth-order valence-corrected chi connectivity index (χ4v) is 1.75. The van der Waals surface area contributed by atoms with E-state index in [-0.39, 0.29) is 6.61 Å². The largest absolute Gasteiger partial charge is 0.465 e. The van der Waals surface area contributed by atoms with Crippen LogP contribution >= 0.6 is 0 Å². The standard InChI is InChI=1S/C9H14F3NO2/c1-2-15-8(14)7-4-3-5-13(7)6-9(10,11)12/h7H,2-6H2,1H3. The molecule has 1 unspecified atom stereocenters. The highest BCUT2D eigenvalue weighted by molar-refractivity contribution is 5.76. The molecule has 1 aliphatic heterocycles. The predicted molar refractivity (Wildman–Crippen MR) is 47.3 cm³/mol. The van der Waals surface area contributed by atoms with E-state index in [2.05, 4.69) is 0 Å². The van der Waals surface area contributed by atoms with Gasteiger partial charge in [-0.15, -0.1) is 0 Å². The molecule has 6 heteroatoms. The Morgan fingerprint density at radius 3 is 2.73 bits per heavy atom. The molecule has 1 rings (SSSR count). The van der Waals surface area contributed by atoms with E-state index in [9.17, 15) is 18.0 Å². The number of esters is 1. The Bertz CT molecular complexity index is 230. The topological polar surface area (TPSA) is 29.5 Å². The van der Waals surface area contributed by atoms with Crippen molar-refractivity contribution in [1.82, 2.24) is 4.90 Å². The van der Waals surface area contributed by atoms with E-state index in [1.807, 2.05) is 0 Å². The van der Waals surface area contributed by atoms with E-state index in [1.54, 1.807) is 6.92 Å². The molecule has 0 radical (unpaired) electrons. The van der Waals surface area contributed by atoms with Crippen LogP contribution in [-0.4, -0.2) is 42.8 Å². The van der Waals surface area contributed by atoms with E-state index in [0.717, 1.165) is 4.90 Å². The molecule has 0 spiro atoms. The van der Waals surface area contributed by atoms with Crippen LogP contribution in [0.3, 0.4) is 0 Å². The summed E-state index contributed by atoms with van der Waals surface area (Å²) in [6.07, 6.45) is -3.19. The predicted octanol–water partition coefficient (Wildman–Crippen LogP) is 1.58. The van der Waals surface area contributed by atoms with E-state index in [4.69, 9.17) is 4.74 Å². The molecule has 15 heavy (non-hydrogen) atoms. The monoisotopic (exact) mass is 225 g/mol. The Kier molecular flexibility index (Phi) is 3.96. The molecule has 1 fully saturated rings. The molecule has 1 atom stereocenters. The average Bonchev–Trinajstić information content (AvgIpc) is 2.49. The zero-order valence-corrected chi connectivity index (χ0v) is 8.51. The fraction of sp³-hybridized carbons (Fsp3) is 0.889. The number of ether oxygens (including phenoxy) is 1. The Balaban J connectivity index is 2.53. The van der Waals surface area contributed by atoms with Gasteiger partial charge in [0.2, 0.25) is 0 Å². The van der Waals surface area contributed by atoms with Crippen LogP contribution in [-0.2, 0) is 9.53 Å². The van der Waals surface area contributed by atoms with Crippen LogP contribution in [0.25, 0.3) is 0 Å². The van der Waals surface area contributed by atoms with Crippen molar-refractivity contribution in [2.24, 2.45) is 0 Å². The number of likely N-dealkylation sites (tertiary alicyclic amines) is 1. The van der Waals surface area contributed by atoms with E-state index in [1.165, 1.54) is 0 Å². The maximum Gasteiger partial charge on any atom is 0.401 e. The van der Waals surface area contributed by atoms with Gasteiger partial charge in [-0.25, -0.2) is 0 Å². The molecule has 3 nitrogen and oxygen atoms in total. The minimum Gasteiger partial charge on any atom is -0.465 e. The summed E-state index contributed by atoms with van der Waals surface area (Å²) in [6.45, 7) is 1.12. The lowest BCUT2D eigenvalue weighted by Crippen LogP contribution is -2.42. The molecule has 1 aliphatic rings. The first kappa shape index (κ1) is 12.3. The quantitative estimate of drug-likeness (QED) is 0.683. The van der Waals surface area contributed by atoms with Crippen molar-refractivity contribution in [2.75, 3.05) is 19.7 Å². The third kappa shape index (κ3) is 3.70. The average molecular weight is 225 g/mol. The second kappa shape index (κ2) is 4.83. The van der Waals surface area contributed by atoms with Crippen molar-refractivity contribution in [1.29, 1.82) is 0 Å². The summed E-state index contributed by atoms with van der Waals surface area (Å²) in [4.78, 5) is 12.4. The summed E-state index contributed by atoms with van der Waals surface area (Å²) in [6, 6.07) is -0.716. The van der Waals surface area contributed by atoms with Crippen molar-refractivity contribution >= 4 is 5.97 Å². The number of nitrogens with zero attached hydrogens (tertiary/aromatic N) is 1. The van der Waals surface area contributed by atoms with Crippen LogP contribution in [0.15, 0.2) is 0 Å². The molecular weight excluding hydrogens is 211 g/mol. The van der Waals surface area contributed by atoms with E-state index in [0.29, 0.717) is 19.4 Å². The lowest BCUT2D eigenvalue weighted by Gasteiger charge is -2.23. The summed E-state index contributed by atoms with van der Waals surface area (Å²) in [5.74, 6) is -0.542. The number of hydrogen-bond donors (Lipinski definition) is 0. The highest BCUT2D eigenvalue weighted by Crippen LogP contribution is 2.24. The fourth-order valence-electron chi connectivity index (χ4n) is 1.75. The van der Waals surface area contributed by atoms with Crippen LogP contribution in [0.2, 0.25) is 0 Å². The first-order valence-electron chi connectivity index (χ1n) is 4.91. The number of hydrogen-bond acceptors (Lipinski definition) is 3. The first-order valence-corrected chi connectivity index (χ1v) is 4.91. The molecule has 1 saturated heterocycles. The van der Waals surface area contributed by atoms with Crippen LogP contribution in [0, 0.1) is 0 Å². The van der Waals surface area contributed by atoms with E-state index < -0.39 is 24.7 Å². The Morgan fingerprint density at radius 1 is 1.53 bits per heavy atom. The minimum atomic E-state index is -4.25. The third-order valence-corrected chi connectivity index (χ3v) is 2.30. The summed E-state index contributed by atoms with van der Waals surface area (Å²) in [7, 11) is 0. The molecule has 0 aromatic rings. The Morgan fingerprint density at radius 2 is 2.20 bits per heavy atom. The first-order chi connectivity index (χ1) is 6.94. The summed E-state index contributed by atoms with van der Waals surface area (Å²) < 4.78 is 41.1. The maximum atomic E-state index is 12.1. The molecule has 1 heterocycles. The smallest absolute Gasteiger partial charge is 0.401 e. The van der Waals surface area contributed by atoms with Crippen molar-refractivity contribution in [2.45, 2.75) is 32.0 Å². The summed E-state index contributed by atoms with van der Waals surface area (Å²) >= 11 is 0. The third-order valence-electron chi connectivity index (χ3n) is 2.30. The van der Waals surface area contributed by atoms with Crippen molar-refractivity contribution < 1.29 is 22.7 Å². The lowest BCUT2D eigenvalue weighted by molar-refractivity contribution is -0.161. The minimum absolute atomic E-state index is 0.204. The number of carbonyl (C=O) groups is 1. The maximum absolute atomic E-state index is 12.1. The number of alkyl halides is 3. The highest BCUT2D eigenvalue weighted by atomic mass is 19.4. The molecule has 0 aromatic carbocycles. The number of rotatable bonds is 3. The summed E-state index contributed by atoms with van der Waals surface area (Å²) in [5.41, 5.74) is 0.